The first kappa shape index (κ1) is 26.1. The van der Waals surface area contributed by atoms with E-state index in [0.717, 1.165) is 70.2 Å². The largest absolute Gasteiger partial charge is 0.344 e. The zero-order valence-corrected chi connectivity index (χ0v) is 21.5. The van der Waals surface area contributed by atoms with Gasteiger partial charge in [0.25, 0.3) is 0 Å². The molecule has 1 N–H and O–H groups in total. The number of benzene rings is 1. The molecule has 0 radical (unpaired) electrons. The smallest absolute Gasteiger partial charge is 0.163 e. The summed E-state index contributed by atoms with van der Waals surface area (Å²) in [4.78, 5) is 25.6. The molecule has 0 saturated carbocycles. The SMILES string of the molecule is C=C(C)/C=C\C=C(/C)c1nc[nH]c1-c1ccc2nccc(C(=O)CCC(C/C=C\C)CCC)c2c1. The second kappa shape index (κ2) is 12.8. The van der Waals surface area contributed by atoms with Crippen molar-refractivity contribution in [2.24, 2.45) is 5.92 Å². The van der Waals surface area contributed by atoms with Crippen LogP contribution in [0.1, 0.15) is 75.9 Å². The number of rotatable bonds is 12. The normalized spacial score (nSPS) is 13.2. The van der Waals surface area contributed by atoms with Gasteiger partial charge in [0.15, 0.2) is 5.78 Å². The number of fused-ring (bicyclic) bond motifs is 1. The van der Waals surface area contributed by atoms with Gasteiger partial charge < -0.3 is 4.98 Å². The van der Waals surface area contributed by atoms with Crippen molar-refractivity contribution in [1.82, 2.24) is 15.0 Å². The minimum atomic E-state index is 0.182. The minimum Gasteiger partial charge on any atom is -0.344 e. The van der Waals surface area contributed by atoms with Crippen LogP contribution in [0.3, 0.4) is 0 Å². The van der Waals surface area contributed by atoms with Crippen LogP contribution < -0.4 is 0 Å². The Labute approximate surface area is 209 Å². The highest BCUT2D eigenvalue weighted by atomic mass is 16.1. The van der Waals surface area contributed by atoms with E-state index in [0.29, 0.717) is 12.3 Å². The van der Waals surface area contributed by atoms with E-state index in [-0.39, 0.29) is 5.78 Å². The number of hydrogen-bond acceptors (Lipinski definition) is 3. The minimum absolute atomic E-state index is 0.182. The molecular weight excluding hydrogens is 430 g/mol. The summed E-state index contributed by atoms with van der Waals surface area (Å²) in [6.45, 7) is 12.2. The fourth-order valence-electron chi connectivity index (χ4n) is 4.38. The molecule has 2 aromatic heterocycles. The molecule has 0 bridgehead atoms. The maximum Gasteiger partial charge on any atom is 0.163 e. The predicted octanol–water partition coefficient (Wildman–Crippen LogP) is 8.51. The zero-order valence-electron chi connectivity index (χ0n) is 21.5. The maximum absolute atomic E-state index is 13.3. The summed E-state index contributed by atoms with van der Waals surface area (Å²) in [5.41, 5.74) is 6.43. The molecule has 182 valence electrons. The Hall–Kier alpha value is -3.53. The molecule has 35 heavy (non-hydrogen) atoms. The van der Waals surface area contributed by atoms with E-state index < -0.39 is 0 Å². The summed E-state index contributed by atoms with van der Waals surface area (Å²) in [5.74, 6) is 0.729. The monoisotopic (exact) mass is 467 g/mol. The van der Waals surface area contributed by atoms with Gasteiger partial charge in [-0.15, -0.1) is 0 Å². The molecule has 0 aliphatic carbocycles. The first-order valence-corrected chi connectivity index (χ1v) is 12.5. The number of carbonyl (C=O) groups is 1. The van der Waals surface area contributed by atoms with Crippen LogP contribution in [0.15, 0.2) is 79.3 Å². The molecule has 0 spiro atoms. The van der Waals surface area contributed by atoms with Crippen LogP contribution in [0.5, 0.6) is 0 Å². The number of aromatic nitrogens is 3. The molecule has 1 aromatic carbocycles. The molecule has 0 aliphatic heterocycles. The van der Waals surface area contributed by atoms with E-state index in [9.17, 15) is 4.79 Å². The van der Waals surface area contributed by atoms with E-state index in [1.807, 2.05) is 50.3 Å². The Bertz CT molecular complexity index is 1260. The number of nitrogens with zero attached hydrogens (tertiary/aromatic N) is 2. The van der Waals surface area contributed by atoms with Gasteiger partial charge in [-0.1, -0.05) is 68.4 Å². The van der Waals surface area contributed by atoms with Crippen molar-refractivity contribution in [2.45, 2.75) is 59.8 Å². The summed E-state index contributed by atoms with van der Waals surface area (Å²) in [6, 6.07) is 7.94. The number of allylic oxidation sites excluding steroid dienone is 7. The second-order valence-corrected chi connectivity index (χ2v) is 9.19. The van der Waals surface area contributed by atoms with E-state index in [2.05, 4.69) is 53.6 Å². The van der Waals surface area contributed by atoms with Gasteiger partial charge in [0.05, 0.1) is 23.2 Å². The molecule has 0 saturated heterocycles. The van der Waals surface area contributed by atoms with E-state index in [1.54, 1.807) is 12.5 Å². The van der Waals surface area contributed by atoms with Crippen LogP contribution in [0.2, 0.25) is 0 Å². The molecule has 3 rings (SSSR count). The third kappa shape index (κ3) is 6.98. The Balaban J connectivity index is 1.90. The van der Waals surface area contributed by atoms with E-state index in [1.165, 1.54) is 0 Å². The Morgan fingerprint density at radius 1 is 1.17 bits per heavy atom. The van der Waals surface area contributed by atoms with Crippen molar-refractivity contribution in [3.8, 4) is 11.3 Å². The van der Waals surface area contributed by atoms with Crippen LogP contribution in [0.25, 0.3) is 27.7 Å². The van der Waals surface area contributed by atoms with Crippen LogP contribution in [0, 0.1) is 5.92 Å². The number of H-pyrrole nitrogens is 1. The van der Waals surface area contributed by atoms with Crippen molar-refractivity contribution in [1.29, 1.82) is 0 Å². The molecule has 1 unspecified atom stereocenters. The highest BCUT2D eigenvalue weighted by molar-refractivity contribution is 6.08. The maximum atomic E-state index is 13.3. The average Bonchev–Trinajstić information content (AvgIpc) is 3.34. The second-order valence-electron chi connectivity index (χ2n) is 9.19. The fraction of sp³-hybridized carbons (Fsp3) is 0.323. The Kier molecular flexibility index (Phi) is 9.54. The summed E-state index contributed by atoms with van der Waals surface area (Å²) in [6.07, 6.45) is 18.5. The summed E-state index contributed by atoms with van der Waals surface area (Å²) in [5, 5.41) is 0.889. The number of aromatic amines is 1. The molecule has 1 atom stereocenters. The highest BCUT2D eigenvalue weighted by Gasteiger charge is 2.16. The average molecular weight is 468 g/mol. The van der Waals surface area contributed by atoms with Gasteiger partial charge in [-0.25, -0.2) is 4.98 Å². The fourth-order valence-corrected chi connectivity index (χ4v) is 4.38. The van der Waals surface area contributed by atoms with Gasteiger partial charge in [0, 0.05) is 29.1 Å². The lowest BCUT2D eigenvalue weighted by Crippen LogP contribution is -2.06. The molecule has 3 aromatic rings. The number of imidazole rings is 1. The van der Waals surface area contributed by atoms with Gasteiger partial charge in [0.1, 0.15) is 0 Å². The van der Waals surface area contributed by atoms with E-state index in [4.69, 9.17) is 0 Å². The molecule has 0 amide bonds. The third-order valence-electron chi connectivity index (χ3n) is 6.25. The molecular formula is C31H37N3O. The van der Waals surface area contributed by atoms with Gasteiger partial charge in [-0.2, -0.15) is 0 Å². The zero-order chi connectivity index (χ0) is 25.2. The summed E-state index contributed by atoms with van der Waals surface area (Å²) < 4.78 is 0. The number of nitrogens with one attached hydrogen (secondary N) is 1. The number of hydrogen-bond donors (Lipinski definition) is 1. The van der Waals surface area contributed by atoms with Crippen LogP contribution in [0.4, 0.5) is 0 Å². The highest BCUT2D eigenvalue weighted by Crippen LogP contribution is 2.30. The summed E-state index contributed by atoms with van der Waals surface area (Å²) in [7, 11) is 0. The molecule has 0 fully saturated rings. The van der Waals surface area contributed by atoms with Crippen LogP contribution >= 0.6 is 0 Å². The first-order valence-electron chi connectivity index (χ1n) is 12.5. The van der Waals surface area contributed by atoms with Gasteiger partial charge in [-0.3, -0.25) is 9.78 Å². The van der Waals surface area contributed by atoms with Gasteiger partial charge in [0.2, 0.25) is 0 Å². The predicted molar refractivity (Wildman–Crippen MR) is 148 cm³/mol. The number of ketones is 1. The van der Waals surface area contributed by atoms with Gasteiger partial charge in [-0.05, 0) is 63.3 Å². The van der Waals surface area contributed by atoms with E-state index >= 15 is 0 Å². The number of Topliss-reactive ketones (excluding diaryl/α,β-unsaturated/α-hetero) is 1. The lowest BCUT2D eigenvalue weighted by Gasteiger charge is -2.14. The van der Waals surface area contributed by atoms with Gasteiger partial charge >= 0.3 is 0 Å². The van der Waals surface area contributed by atoms with Crippen molar-refractivity contribution in [3.63, 3.8) is 0 Å². The summed E-state index contributed by atoms with van der Waals surface area (Å²) >= 11 is 0. The van der Waals surface area contributed by atoms with Crippen molar-refractivity contribution < 1.29 is 4.79 Å². The van der Waals surface area contributed by atoms with Crippen molar-refractivity contribution >= 4 is 22.3 Å². The lowest BCUT2D eigenvalue weighted by atomic mass is 9.91. The topological polar surface area (TPSA) is 58.6 Å². The molecule has 4 nitrogen and oxygen atoms in total. The standard InChI is InChI=1S/C31H37N3O/c1-6-8-13-24(10-7-2)14-17-29(35)26-18-19-32-28-16-15-25(20-27(26)28)31-30(33-21-34-31)23(5)12-9-11-22(3)4/h6,8-9,11-12,15-16,18-21,24H,3,7,10,13-14,17H2,1-2,4-5H3,(H,33,34)/b8-6-,11-9-,23-12+. The Morgan fingerprint density at radius 2 is 2.00 bits per heavy atom. The molecule has 0 aliphatic rings. The van der Waals surface area contributed by atoms with Crippen LogP contribution in [-0.2, 0) is 0 Å². The quantitative estimate of drug-likeness (QED) is 0.165. The lowest BCUT2D eigenvalue weighted by molar-refractivity contribution is 0.0974. The number of pyridine rings is 1. The third-order valence-corrected chi connectivity index (χ3v) is 6.25. The first-order chi connectivity index (χ1) is 16.9. The number of carbonyl (C=O) groups excluding carboxylic acids is 1. The Morgan fingerprint density at radius 3 is 2.74 bits per heavy atom. The molecule has 2 heterocycles. The van der Waals surface area contributed by atoms with Crippen molar-refractivity contribution in [2.75, 3.05) is 0 Å². The van der Waals surface area contributed by atoms with Crippen molar-refractivity contribution in [3.05, 3.63) is 90.6 Å². The van der Waals surface area contributed by atoms with Crippen LogP contribution in [-0.4, -0.2) is 20.7 Å². The molecule has 4 heteroatoms.